The van der Waals surface area contributed by atoms with Crippen LogP contribution in [0.2, 0.25) is 0 Å². The van der Waals surface area contributed by atoms with E-state index in [2.05, 4.69) is 11.4 Å². The van der Waals surface area contributed by atoms with E-state index in [9.17, 15) is 0 Å². The van der Waals surface area contributed by atoms with Crippen molar-refractivity contribution in [1.29, 1.82) is 0 Å². The monoisotopic (exact) mass is 278 g/mol. The maximum atomic E-state index is 5.71. The molecule has 79 valence electrons. The Balaban J connectivity index is 0.00000112. The minimum absolute atomic E-state index is 0. The van der Waals surface area contributed by atoms with Gasteiger partial charge in [-0.25, -0.2) is 0 Å². The van der Waals surface area contributed by atoms with Crippen LogP contribution in [0.1, 0.15) is 18.4 Å². The average molecular weight is 278 g/mol. The Hall–Kier alpha value is 0.244. The van der Waals surface area contributed by atoms with Crippen LogP contribution in [0.5, 0.6) is 0 Å². The molecule has 1 aliphatic rings. The Morgan fingerprint density at radius 2 is 2.13 bits per heavy atom. The van der Waals surface area contributed by atoms with Crippen LogP contribution in [-0.4, -0.2) is 13.1 Å². The van der Waals surface area contributed by atoms with E-state index in [4.69, 9.17) is 4.74 Å². The molecule has 0 amide bonds. The van der Waals surface area contributed by atoms with Crippen LogP contribution < -0.4 is 5.32 Å². The predicted octanol–water partition coefficient (Wildman–Crippen LogP) is 1.92. The number of rotatable bonds is 3. The average Bonchev–Trinajstić information content (AvgIpc) is 2.29. The molecular weight excluding hydrogens is 263 g/mol. The van der Waals surface area contributed by atoms with Crippen LogP contribution >= 0.6 is 0 Å². The number of piperidine rings is 1. The van der Waals surface area contributed by atoms with Crippen LogP contribution in [0.15, 0.2) is 24.3 Å². The SMILES string of the molecule is [Y].[c-]1ccccc1CO[C-]1CCNCC1. The van der Waals surface area contributed by atoms with Crippen molar-refractivity contribution in [3.8, 4) is 0 Å². The van der Waals surface area contributed by atoms with Crippen molar-refractivity contribution in [2.75, 3.05) is 13.1 Å². The maximum absolute atomic E-state index is 5.71. The molecule has 0 aliphatic carbocycles. The van der Waals surface area contributed by atoms with Gasteiger partial charge in [-0.05, 0) is 13.1 Å². The Morgan fingerprint density at radius 3 is 2.80 bits per heavy atom. The fourth-order valence-corrected chi connectivity index (χ4v) is 1.55. The van der Waals surface area contributed by atoms with Gasteiger partial charge < -0.3 is 10.1 Å². The van der Waals surface area contributed by atoms with Crippen LogP contribution in [0, 0.1) is 12.2 Å². The van der Waals surface area contributed by atoms with E-state index < -0.39 is 0 Å². The molecule has 1 aromatic rings. The minimum atomic E-state index is 0. The quantitative estimate of drug-likeness (QED) is 0.853. The van der Waals surface area contributed by atoms with E-state index in [0.29, 0.717) is 6.61 Å². The van der Waals surface area contributed by atoms with Crippen molar-refractivity contribution in [2.24, 2.45) is 0 Å². The number of hydrogen-bond acceptors (Lipinski definition) is 2. The molecule has 1 N–H and O–H groups in total. The Morgan fingerprint density at radius 1 is 1.33 bits per heavy atom. The van der Waals surface area contributed by atoms with E-state index in [1.54, 1.807) is 0 Å². The first-order valence-corrected chi connectivity index (χ1v) is 5.09. The van der Waals surface area contributed by atoms with E-state index in [1.165, 1.54) is 6.10 Å². The Kier molecular flexibility index (Phi) is 6.66. The van der Waals surface area contributed by atoms with E-state index >= 15 is 0 Å². The van der Waals surface area contributed by atoms with Crippen LogP contribution in [0.3, 0.4) is 0 Å². The van der Waals surface area contributed by atoms with E-state index in [-0.39, 0.29) is 32.7 Å². The first kappa shape index (κ1) is 13.3. The summed E-state index contributed by atoms with van der Waals surface area (Å²) >= 11 is 0. The van der Waals surface area contributed by atoms with Crippen LogP contribution in [-0.2, 0) is 44.1 Å². The van der Waals surface area contributed by atoms with Gasteiger partial charge in [-0.3, -0.25) is 0 Å². The van der Waals surface area contributed by atoms with Crippen molar-refractivity contribution in [1.82, 2.24) is 5.32 Å². The molecule has 1 saturated heterocycles. The molecule has 2 rings (SSSR count). The zero-order valence-electron chi connectivity index (χ0n) is 8.83. The van der Waals surface area contributed by atoms with Crippen molar-refractivity contribution in [3.05, 3.63) is 42.0 Å². The third-order valence-electron chi connectivity index (χ3n) is 2.37. The largest absolute Gasteiger partial charge is 0.547 e. The number of ether oxygens (including phenoxy) is 1. The molecule has 0 atom stereocenters. The topological polar surface area (TPSA) is 21.3 Å². The van der Waals surface area contributed by atoms with E-state index in [1.807, 2.05) is 24.3 Å². The van der Waals surface area contributed by atoms with Gasteiger partial charge in [-0.2, -0.15) is 36.4 Å². The third kappa shape index (κ3) is 4.73. The molecule has 0 bridgehead atoms. The number of nitrogens with one attached hydrogen (secondary N) is 1. The van der Waals surface area contributed by atoms with Gasteiger partial charge >= 0.3 is 0 Å². The summed E-state index contributed by atoms with van der Waals surface area (Å²) in [5.74, 6) is 0. The zero-order chi connectivity index (χ0) is 9.64. The second kappa shape index (κ2) is 7.51. The fraction of sp³-hybridized carbons (Fsp3) is 0.417. The molecule has 2 nitrogen and oxygen atoms in total. The van der Waals surface area contributed by atoms with E-state index in [0.717, 1.165) is 31.5 Å². The standard InChI is InChI=1S/C12H15NO.Y/c1-2-4-11(5-3-1)10-14-12-6-8-13-9-7-12;/h1-4,13H,6-10H2;/q-2;. The van der Waals surface area contributed by atoms with Crippen molar-refractivity contribution >= 4 is 0 Å². The minimum Gasteiger partial charge on any atom is -0.547 e. The van der Waals surface area contributed by atoms with Gasteiger partial charge in [0.05, 0.1) is 0 Å². The summed E-state index contributed by atoms with van der Waals surface area (Å²) in [5, 5.41) is 3.30. The molecule has 0 saturated carbocycles. The summed E-state index contributed by atoms with van der Waals surface area (Å²) in [7, 11) is 0. The van der Waals surface area contributed by atoms with Gasteiger partial charge in [0.2, 0.25) is 0 Å². The first-order chi connectivity index (χ1) is 6.95. The molecule has 1 heterocycles. The number of benzene rings is 1. The normalized spacial score (nSPS) is 17.1. The summed E-state index contributed by atoms with van der Waals surface area (Å²) in [5.41, 5.74) is 1.12. The van der Waals surface area contributed by atoms with Gasteiger partial charge in [0, 0.05) is 39.3 Å². The fourth-order valence-electron chi connectivity index (χ4n) is 1.55. The van der Waals surface area contributed by atoms with Gasteiger partial charge in [0.1, 0.15) is 0 Å². The van der Waals surface area contributed by atoms with Crippen molar-refractivity contribution in [3.63, 3.8) is 0 Å². The van der Waals surface area contributed by atoms with Gasteiger partial charge in [0.25, 0.3) is 0 Å². The van der Waals surface area contributed by atoms with Crippen LogP contribution in [0.25, 0.3) is 0 Å². The second-order valence-corrected chi connectivity index (χ2v) is 3.47. The molecule has 3 heteroatoms. The smallest absolute Gasteiger partial charge is 0.0146 e. The van der Waals surface area contributed by atoms with Gasteiger partial charge in [-0.1, -0.05) is 0 Å². The zero-order valence-corrected chi connectivity index (χ0v) is 11.7. The Bertz CT molecular complexity index is 260. The molecule has 0 unspecified atom stereocenters. The van der Waals surface area contributed by atoms with Crippen molar-refractivity contribution in [2.45, 2.75) is 19.4 Å². The summed E-state index contributed by atoms with van der Waals surface area (Å²) in [6.45, 7) is 2.76. The summed E-state index contributed by atoms with van der Waals surface area (Å²) in [4.78, 5) is 0. The number of hydrogen-bond donors (Lipinski definition) is 1. The van der Waals surface area contributed by atoms with Crippen molar-refractivity contribution < 1.29 is 37.4 Å². The molecule has 1 aliphatic heterocycles. The first-order valence-electron chi connectivity index (χ1n) is 5.09. The molecule has 0 spiro atoms. The molecule has 1 fully saturated rings. The summed E-state index contributed by atoms with van der Waals surface area (Å²) in [6.07, 6.45) is 3.32. The molecule has 1 aromatic carbocycles. The predicted molar refractivity (Wildman–Crippen MR) is 55.4 cm³/mol. The van der Waals surface area contributed by atoms with Gasteiger partial charge in [0.15, 0.2) is 0 Å². The molecular formula is C12H15NOY-2. The third-order valence-corrected chi connectivity index (χ3v) is 2.37. The molecule has 1 radical (unpaired) electrons. The summed E-state index contributed by atoms with van der Waals surface area (Å²) in [6, 6.07) is 11.1. The maximum Gasteiger partial charge on any atom is 0.0146 e. The summed E-state index contributed by atoms with van der Waals surface area (Å²) < 4.78 is 5.71. The van der Waals surface area contributed by atoms with Crippen LogP contribution in [0.4, 0.5) is 0 Å². The Labute approximate surface area is 117 Å². The van der Waals surface area contributed by atoms with Gasteiger partial charge in [-0.15, -0.1) is 18.4 Å². The second-order valence-electron chi connectivity index (χ2n) is 3.47. The molecule has 15 heavy (non-hydrogen) atoms. The molecule has 0 aromatic heterocycles.